The van der Waals surface area contributed by atoms with Crippen LogP contribution in [-0.4, -0.2) is 55.2 Å². The molecule has 3 amide bonds. The van der Waals surface area contributed by atoms with Crippen molar-refractivity contribution in [2.75, 3.05) is 38.6 Å². The molecule has 1 fully saturated rings. The number of carbonyl (C=O) groups excluding carboxylic acids is 2. The van der Waals surface area contributed by atoms with Crippen LogP contribution in [0.3, 0.4) is 0 Å². The van der Waals surface area contributed by atoms with Crippen LogP contribution < -0.4 is 5.32 Å². The van der Waals surface area contributed by atoms with Gasteiger partial charge in [-0.3, -0.25) is 0 Å². The highest BCUT2D eigenvalue weighted by Gasteiger charge is 2.22. The number of urea groups is 1. The Morgan fingerprint density at radius 1 is 1.04 bits per heavy atom. The molecule has 0 aliphatic carbocycles. The van der Waals surface area contributed by atoms with Crippen molar-refractivity contribution in [3.63, 3.8) is 0 Å². The van der Waals surface area contributed by atoms with Crippen LogP contribution in [0.4, 0.5) is 15.3 Å². The van der Waals surface area contributed by atoms with E-state index in [1.807, 2.05) is 24.3 Å². The van der Waals surface area contributed by atoms with Gasteiger partial charge in [0.1, 0.15) is 0 Å². The van der Waals surface area contributed by atoms with Gasteiger partial charge in [-0.25, -0.2) is 9.59 Å². The number of ether oxygens (including phenoxy) is 1. The van der Waals surface area contributed by atoms with Crippen molar-refractivity contribution in [3.8, 4) is 0 Å². The smallest absolute Gasteiger partial charge is 0.409 e. The number of carbonyl (C=O) groups is 2. The summed E-state index contributed by atoms with van der Waals surface area (Å²) in [6.45, 7) is 6.51. The molecule has 0 aromatic heterocycles. The number of methoxy groups -OCH3 is 1. The SMILES string of the molecule is COC(=O)N1CCCN(C(=O)Nc2ccc(C(C)C)cc2)CC1. The maximum Gasteiger partial charge on any atom is 0.409 e. The number of hydrogen-bond acceptors (Lipinski definition) is 3. The Morgan fingerprint density at radius 3 is 2.26 bits per heavy atom. The van der Waals surface area contributed by atoms with Gasteiger partial charge in [0.2, 0.25) is 0 Å². The zero-order valence-corrected chi connectivity index (χ0v) is 14.0. The molecule has 23 heavy (non-hydrogen) atoms. The third-order valence-corrected chi connectivity index (χ3v) is 4.04. The summed E-state index contributed by atoms with van der Waals surface area (Å²) in [5.41, 5.74) is 2.03. The van der Waals surface area contributed by atoms with E-state index >= 15 is 0 Å². The highest BCUT2D eigenvalue weighted by molar-refractivity contribution is 5.89. The summed E-state index contributed by atoms with van der Waals surface area (Å²) >= 11 is 0. The molecule has 1 saturated heterocycles. The maximum absolute atomic E-state index is 12.4. The fourth-order valence-electron chi connectivity index (χ4n) is 2.59. The number of anilines is 1. The van der Waals surface area contributed by atoms with Crippen LogP contribution in [0.2, 0.25) is 0 Å². The molecule has 0 radical (unpaired) electrons. The number of hydrogen-bond donors (Lipinski definition) is 1. The molecule has 0 spiro atoms. The summed E-state index contributed by atoms with van der Waals surface area (Å²) in [7, 11) is 1.37. The predicted octanol–water partition coefficient (Wildman–Crippen LogP) is 3.12. The lowest BCUT2D eigenvalue weighted by Gasteiger charge is -2.22. The first kappa shape index (κ1) is 17.1. The van der Waals surface area contributed by atoms with Crippen molar-refractivity contribution in [1.82, 2.24) is 9.80 Å². The molecule has 1 heterocycles. The average molecular weight is 319 g/mol. The lowest BCUT2D eigenvalue weighted by molar-refractivity contribution is 0.125. The minimum atomic E-state index is -0.337. The lowest BCUT2D eigenvalue weighted by atomic mass is 10.0. The summed E-state index contributed by atoms with van der Waals surface area (Å²) in [6.07, 6.45) is 0.408. The third kappa shape index (κ3) is 4.61. The maximum atomic E-state index is 12.4. The first-order valence-electron chi connectivity index (χ1n) is 8.00. The molecule has 1 N–H and O–H groups in total. The van der Waals surface area contributed by atoms with E-state index in [-0.39, 0.29) is 12.1 Å². The summed E-state index contributed by atoms with van der Waals surface area (Å²) in [5.74, 6) is 0.467. The van der Waals surface area contributed by atoms with Crippen molar-refractivity contribution in [3.05, 3.63) is 29.8 Å². The van der Waals surface area contributed by atoms with E-state index in [1.165, 1.54) is 12.7 Å². The van der Waals surface area contributed by atoms with E-state index in [1.54, 1.807) is 9.80 Å². The second kappa shape index (κ2) is 7.85. The van der Waals surface area contributed by atoms with Gasteiger partial charge in [-0.2, -0.15) is 0 Å². The number of rotatable bonds is 2. The topological polar surface area (TPSA) is 61.9 Å². The van der Waals surface area contributed by atoms with Gasteiger partial charge >= 0.3 is 12.1 Å². The largest absolute Gasteiger partial charge is 0.453 e. The Morgan fingerprint density at radius 2 is 1.65 bits per heavy atom. The minimum absolute atomic E-state index is 0.131. The van der Waals surface area contributed by atoms with Crippen LogP contribution in [0.25, 0.3) is 0 Å². The van der Waals surface area contributed by atoms with Crippen molar-refractivity contribution < 1.29 is 14.3 Å². The van der Waals surface area contributed by atoms with Gasteiger partial charge in [-0.05, 0) is 30.0 Å². The summed E-state index contributed by atoms with van der Waals surface area (Å²) in [4.78, 5) is 27.3. The third-order valence-electron chi connectivity index (χ3n) is 4.04. The zero-order chi connectivity index (χ0) is 16.8. The monoisotopic (exact) mass is 319 g/mol. The fourth-order valence-corrected chi connectivity index (χ4v) is 2.59. The van der Waals surface area contributed by atoms with Crippen molar-refractivity contribution in [2.24, 2.45) is 0 Å². The zero-order valence-electron chi connectivity index (χ0n) is 14.0. The number of benzene rings is 1. The highest BCUT2D eigenvalue weighted by atomic mass is 16.5. The van der Waals surface area contributed by atoms with Crippen LogP contribution in [0, 0.1) is 0 Å². The van der Waals surface area contributed by atoms with Crippen molar-refractivity contribution in [2.45, 2.75) is 26.2 Å². The second-order valence-corrected chi connectivity index (χ2v) is 6.00. The van der Waals surface area contributed by atoms with E-state index in [9.17, 15) is 9.59 Å². The van der Waals surface area contributed by atoms with E-state index < -0.39 is 0 Å². The number of nitrogens with zero attached hydrogens (tertiary/aromatic N) is 2. The molecule has 1 aliphatic heterocycles. The van der Waals surface area contributed by atoms with Gasteiger partial charge in [-0.1, -0.05) is 26.0 Å². The van der Waals surface area contributed by atoms with Crippen LogP contribution in [0.1, 0.15) is 31.7 Å². The normalized spacial score (nSPS) is 15.3. The van der Waals surface area contributed by atoms with Gasteiger partial charge in [0, 0.05) is 31.9 Å². The van der Waals surface area contributed by atoms with Gasteiger partial charge < -0.3 is 19.9 Å². The summed E-state index contributed by atoms with van der Waals surface area (Å²) in [5, 5.41) is 2.92. The fraction of sp³-hybridized carbons (Fsp3) is 0.529. The lowest BCUT2D eigenvalue weighted by Crippen LogP contribution is -2.39. The van der Waals surface area contributed by atoms with E-state index in [2.05, 4.69) is 19.2 Å². The van der Waals surface area contributed by atoms with E-state index in [0.717, 1.165) is 12.1 Å². The van der Waals surface area contributed by atoms with Crippen LogP contribution in [0.5, 0.6) is 0 Å². The van der Waals surface area contributed by atoms with E-state index in [0.29, 0.717) is 32.1 Å². The summed E-state index contributed by atoms with van der Waals surface area (Å²) < 4.78 is 4.73. The molecule has 0 atom stereocenters. The van der Waals surface area contributed by atoms with Crippen molar-refractivity contribution >= 4 is 17.8 Å². The molecule has 1 aromatic rings. The minimum Gasteiger partial charge on any atom is -0.453 e. The van der Waals surface area contributed by atoms with Crippen LogP contribution >= 0.6 is 0 Å². The highest BCUT2D eigenvalue weighted by Crippen LogP contribution is 2.17. The Labute approximate surface area is 137 Å². The van der Waals surface area contributed by atoms with Crippen LogP contribution in [-0.2, 0) is 4.74 Å². The van der Waals surface area contributed by atoms with Gasteiger partial charge in [0.15, 0.2) is 0 Å². The Bertz CT molecular complexity index is 543. The molecule has 1 aromatic carbocycles. The number of nitrogens with one attached hydrogen (secondary N) is 1. The molecule has 0 bridgehead atoms. The quantitative estimate of drug-likeness (QED) is 0.911. The average Bonchev–Trinajstić information content (AvgIpc) is 2.80. The Kier molecular flexibility index (Phi) is 5.84. The van der Waals surface area contributed by atoms with Crippen LogP contribution in [0.15, 0.2) is 24.3 Å². The van der Waals surface area contributed by atoms with Gasteiger partial charge in [0.25, 0.3) is 0 Å². The van der Waals surface area contributed by atoms with E-state index in [4.69, 9.17) is 4.74 Å². The molecular formula is C17H25N3O3. The van der Waals surface area contributed by atoms with Gasteiger partial charge in [-0.15, -0.1) is 0 Å². The molecule has 0 unspecified atom stereocenters. The Hall–Kier alpha value is -2.24. The first-order chi connectivity index (χ1) is 11.0. The van der Waals surface area contributed by atoms with Crippen molar-refractivity contribution in [1.29, 1.82) is 0 Å². The standard InChI is InChI=1S/C17H25N3O3/c1-13(2)14-5-7-15(8-6-14)18-16(21)19-9-4-10-20(12-11-19)17(22)23-3/h5-8,13H,4,9-12H2,1-3H3,(H,18,21). The molecule has 0 saturated carbocycles. The van der Waals surface area contributed by atoms with Gasteiger partial charge in [0.05, 0.1) is 7.11 Å². The molecule has 6 heteroatoms. The molecule has 2 rings (SSSR count). The second-order valence-electron chi connectivity index (χ2n) is 6.00. The first-order valence-corrected chi connectivity index (χ1v) is 8.00. The molecule has 6 nitrogen and oxygen atoms in total. The summed E-state index contributed by atoms with van der Waals surface area (Å²) in [6, 6.07) is 7.77. The Balaban J connectivity index is 1.91. The number of amides is 3. The predicted molar refractivity (Wildman–Crippen MR) is 89.7 cm³/mol. The molecule has 126 valence electrons. The molecular weight excluding hydrogens is 294 g/mol. The molecule has 1 aliphatic rings.